The molecule has 104 valence electrons. The first-order valence-electron chi connectivity index (χ1n) is 4.86. The molecule has 0 aromatic heterocycles. The van der Waals surface area contributed by atoms with E-state index in [4.69, 9.17) is 9.84 Å². The van der Waals surface area contributed by atoms with E-state index in [1.54, 1.807) is 13.9 Å². The van der Waals surface area contributed by atoms with Crippen LogP contribution in [0.15, 0.2) is 18.2 Å². The van der Waals surface area contributed by atoms with Crippen LogP contribution in [-0.2, 0) is 6.18 Å². The lowest BCUT2D eigenvalue weighted by molar-refractivity contribution is -0.138. The van der Waals surface area contributed by atoms with E-state index in [0.29, 0.717) is 11.9 Å². The van der Waals surface area contributed by atoms with Gasteiger partial charge >= 0.3 is 6.18 Å². The highest BCUT2D eigenvalue weighted by atomic mass is 19.4. The van der Waals surface area contributed by atoms with E-state index in [1.165, 1.54) is 6.07 Å². The molecular weight excluding hydrogens is 252 g/mol. The Labute approximate surface area is 103 Å². The Balaban J connectivity index is 0. The average Bonchev–Trinajstić information content (AvgIpc) is 2.19. The number of hydrogen-bond donors (Lipinski definition) is 1. The highest BCUT2D eigenvalue weighted by Gasteiger charge is 2.34. The van der Waals surface area contributed by atoms with Crippen LogP contribution in [0.25, 0.3) is 0 Å². The molecule has 0 radical (unpaired) electrons. The van der Waals surface area contributed by atoms with Gasteiger partial charge in [0.15, 0.2) is 0 Å². The molecular formula is C10H16BF3O4. The molecule has 0 fully saturated rings. The van der Waals surface area contributed by atoms with Gasteiger partial charge in [-0.05, 0) is 6.07 Å². The van der Waals surface area contributed by atoms with E-state index in [-0.39, 0.29) is 29.9 Å². The van der Waals surface area contributed by atoms with Crippen molar-refractivity contribution in [2.24, 2.45) is 0 Å². The molecule has 1 aromatic carbocycles. The van der Waals surface area contributed by atoms with Crippen LogP contribution in [0.2, 0.25) is 0 Å². The molecule has 1 aromatic rings. The van der Waals surface area contributed by atoms with Gasteiger partial charge in [-0.3, -0.25) is 0 Å². The van der Waals surface area contributed by atoms with Gasteiger partial charge < -0.3 is 20.8 Å². The van der Waals surface area contributed by atoms with Crippen LogP contribution in [0.5, 0.6) is 5.75 Å². The first-order chi connectivity index (χ1) is 7.45. The highest BCUT2D eigenvalue weighted by molar-refractivity contribution is 6.32. The Hall–Kier alpha value is -1.25. The summed E-state index contributed by atoms with van der Waals surface area (Å²) >= 11 is 0. The molecule has 0 heterocycles. The Morgan fingerprint density at radius 3 is 2.33 bits per heavy atom. The summed E-state index contributed by atoms with van der Waals surface area (Å²) in [4.78, 5) is 0. The fraction of sp³-hybridized carbons (Fsp3) is 0.400. The van der Waals surface area contributed by atoms with Crippen LogP contribution in [0, 0.1) is 0 Å². The van der Waals surface area contributed by atoms with Gasteiger partial charge in [-0.25, -0.2) is 0 Å². The number of rotatable bonds is 4. The number of benzene rings is 1. The van der Waals surface area contributed by atoms with Crippen molar-refractivity contribution in [3.8, 4) is 5.75 Å². The summed E-state index contributed by atoms with van der Waals surface area (Å²) in [5.41, 5.74) is -0.243. The normalized spacial score (nSPS) is 10.2. The van der Waals surface area contributed by atoms with Gasteiger partial charge in [-0.2, -0.15) is 13.2 Å². The topological polar surface area (TPSA) is 92.5 Å². The summed E-state index contributed by atoms with van der Waals surface area (Å²) in [6.45, 7) is -0.0319. The summed E-state index contributed by atoms with van der Waals surface area (Å²) < 4.78 is 42.8. The number of alkyl halides is 3. The van der Waals surface area contributed by atoms with Crippen molar-refractivity contribution in [2.45, 2.75) is 12.6 Å². The molecule has 0 unspecified atom stereocenters. The standard InChI is InChI=1S/C10H12BF3O2.2H2O/c11-7-2-3-9(16-5-1-4-15)8(6-7)10(12,13)14;;/h2-3,6,15H,1,4-5,11H2;2*1H2. The van der Waals surface area contributed by atoms with Gasteiger partial charge in [0.1, 0.15) is 13.6 Å². The van der Waals surface area contributed by atoms with Crippen molar-refractivity contribution in [1.29, 1.82) is 0 Å². The van der Waals surface area contributed by atoms with E-state index in [0.717, 1.165) is 6.07 Å². The Morgan fingerprint density at radius 2 is 1.83 bits per heavy atom. The van der Waals surface area contributed by atoms with Crippen molar-refractivity contribution in [2.75, 3.05) is 13.2 Å². The highest BCUT2D eigenvalue weighted by Crippen LogP contribution is 2.35. The van der Waals surface area contributed by atoms with Crippen molar-refractivity contribution in [3.63, 3.8) is 0 Å². The average molecular weight is 268 g/mol. The summed E-state index contributed by atoms with van der Waals surface area (Å²) in [7, 11) is 1.59. The molecule has 0 aliphatic heterocycles. The van der Waals surface area contributed by atoms with Crippen LogP contribution in [0.4, 0.5) is 13.2 Å². The summed E-state index contributed by atoms with van der Waals surface area (Å²) in [6, 6.07) is 3.91. The Morgan fingerprint density at radius 1 is 1.22 bits per heavy atom. The minimum absolute atomic E-state index is 0. The lowest BCUT2D eigenvalue weighted by Gasteiger charge is -2.14. The minimum Gasteiger partial charge on any atom is -0.493 e. The third kappa shape index (κ3) is 5.39. The first kappa shape index (κ1) is 19.1. The van der Waals surface area contributed by atoms with Gasteiger partial charge in [-0.1, -0.05) is 17.6 Å². The third-order valence-corrected chi connectivity index (χ3v) is 2.00. The van der Waals surface area contributed by atoms with Crippen LogP contribution < -0.4 is 10.2 Å². The Bertz CT molecular complexity index is 357. The molecule has 4 nitrogen and oxygen atoms in total. The largest absolute Gasteiger partial charge is 0.493 e. The zero-order valence-corrected chi connectivity index (χ0v) is 9.84. The molecule has 0 atom stereocenters. The van der Waals surface area contributed by atoms with Gasteiger partial charge in [0.05, 0.1) is 12.2 Å². The minimum atomic E-state index is -4.42. The van der Waals surface area contributed by atoms with Crippen LogP contribution >= 0.6 is 0 Å². The summed E-state index contributed by atoms with van der Waals surface area (Å²) in [6.07, 6.45) is -4.11. The van der Waals surface area contributed by atoms with Crippen molar-refractivity contribution < 1.29 is 34.0 Å². The molecule has 5 N–H and O–H groups in total. The SMILES string of the molecule is Bc1ccc(OCCCO)c(C(F)(F)F)c1.O.O. The molecule has 0 bridgehead atoms. The van der Waals surface area contributed by atoms with Crippen LogP contribution in [0.1, 0.15) is 12.0 Å². The molecule has 0 spiro atoms. The molecule has 18 heavy (non-hydrogen) atoms. The van der Waals surface area contributed by atoms with Crippen molar-refractivity contribution >= 4 is 13.3 Å². The van der Waals surface area contributed by atoms with E-state index in [2.05, 4.69) is 0 Å². The molecule has 0 saturated heterocycles. The fourth-order valence-electron chi connectivity index (χ4n) is 1.24. The predicted octanol–water partition coefficient (Wildman–Crippen LogP) is -0.924. The smallest absolute Gasteiger partial charge is 0.419 e. The van der Waals surface area contributed by atoms with Crippen LogP contribution in [-0.4, -0.2) is 37.1 Å². The summed E-state index contributed by atoms with van der Waals surface area (Å²) in [5.74, 6) is -0.188. The lowest BCUT2D eigenvalue weighted by atomic mass is 9.94. The molecule has 0 aliphatic carbocycles. The lowest BCUT2D eigenvalue weighted by Crippen LogP contribution is -2.14. The summed E-state index contributed by atoms with van der Waals surface area (Å²) in [5, 5.41) is 8.52. The number of ether oxygens (including phenoxy) is 1. The zero-order valence-electron chi connectivity index (χ0n) is 9.84. The zero-order chi connectivity index (χ0) is 12.2. The number of aliphatic hydroxyl groups excluding tert-OH is 1. The third-order valence-electron chi connectivity index (χ3n) is 2.00. The molecule has 1 rings (SSSR count). The Kier molecular flexibility index (Phi) is 8.45. The van der Waals surface area contributed by atoms with E-state index in [1.807, 2.05) is 0 Å². The maximum absolute atomic E-state index is 12.6. The maximum atomic E-state index is 12.6. The predicted molar refractivity (Wildman–Crippen MR) is 64.0 cm³/mol. The van der Waals surface area contributed by atoms with Gasteiger partial charge in [0.25, 0.3) is 0 Å². The van der Waals surface area contributed by atoms with Gasteiger partial charge in [0.2, 0.25) is 0 Å². The van der Waals surface area contributed by atoms with Crippen molar-refractivity contribution in [3.05, 3.63) is 23.8 Å². The van der Waals surface area contributed by atoms with E-state index in [9.17, 15) is 13.2 Å². The first-order valence-corrected chi connectivity index (χ1v) is 4.86. The monoisotopic (exact) mass is 268 g/mol. The number of hydrogen-bond acceptors (Lipinski definition) is 2. The quantitative estimate of drug-likeness (QED) is 0.564. The molecule has 0 aliphatic rings. The number of halogens is 3. The second-order valence-electron chi connectivity index (χ2n) is 3.42. The van der Waals surface area contributed by atoms with Crippen LogP contribution in [0.3, 0.4) is 0 Å². The molecule has 0 amide bonds. The van der Waals surface area contributed by atoms with Crippen molar-refractivity contribution in [1.82, 2.24) is 0 Å². The molecule has 8 heteroatoms. The number of aliphatic hydroxyl groups is 1. The van der Waals surface area contributed by atoms with Gasteiger partial charge in [-0.15, -0.1) is 0 Å². The molecule has 0 saturated carbocycles. The fourth-order valence-corrected chi connectivity index (χ4v) is 1.24. The van der Waals surface area contributed by atoms with E-state index < -0.39 is 11.7 Å². The van der Waals surface area contributed by atoms with E-state index >= 15 is 0 Å². The second kappa shape index (κ2) is 7.96. The second-order valence-corrected chi connectivity index (χ2v) is 3.42. The van der Waals surface area contributed by atoms with Gasteiger partial charge in [0, 0.05) is 13.0 Å². The maximum Gasteiger partial charge on any atom is 0.419 e.